The molecule has 0 radical (unpaired) electrons. The summed E-state index contributed by atoms with van der Waals surface area (Å²) in [6.45, 7) is 3.93. The zero-order chi connectivity index (χ0) is 14.5. The molecule has 2 aromatic carbocycles. The molecule has 2 rings (SSSR count). The van der Waals surface area contributed by atoms with Gasteiger partial charge in [-0.2, -0.15) is 0 Å². The Bertz CT molecular complexity index is 579. The normalized spacial score (nSPS) is 10.4. The number of carbonyl (C=O) groups excluding carboxylic acids is 1. The third-order valence-corrected chi connectivity index (χ3v) is 2.90. The van der Waals surface area contributed by atoms with Gasteiger partial charge in [0.15, 0.2) is 0 Å². The number of ether oxygens (including phenoxy) is 1. The van der Waals surface area contributed by atoms with E-state index in [0.29, 0.717) is 11.3 Å². The highest BCUT2D eigenvalue weighted by Crippen LogP contribution is 2.19. The molecule has 3 heteroatoms. The molecule has 0 aliphatic heterocycles. The first-order valence-corrected chi connectivity index (χ1v) is 6.68. The van der Waals surface area contributed by atoms with E-state index in [9.17, 15) is 4.79 Å². The monoisotopic (exact) mass is 269 g/mol. The molecule has 1 amide bonds. The lowest BCUT2D eigenvalue weighted by atomic mass is 10.1. The smallest absolute Gasteiger partial charge is 0.258 e. The predicted octanol–water partition coefficient (Wildman–Crippen LogP) is 3.75. The Kier molecular flexibility index (Phi) is 4.41. The second-order valence-electron chi connectivity index (χ2n) is 4.89. The molecular weight excluding hydrogens is 250 g/mol. The van der Waals surface area contributed by atoms with Crippen LogP contribution in [0.3, 0.4) is 0 Å². The first kappa shape index (κ1) is 14.1. The number of amides is 1. The Hall–Kier alpha value is -2.29. The number of rotatable bonds is 4. The summed E-state index contributed by atoms with van der Waals surface area (Å²) in [5, 5.41) is 0. The van der Waals surface area contributed by atoms with E-state index in [4.69, 9.17) is 4.74 Å². The first-order valence-electron chi connectivity index (χ1n) is 6.68. The van der Waals surface area contributed by atoms with Crippen molar-refractivity contribution in [1.82, 2.24) is 0 Å². The fourth-order valence-electron chi connectivity index (χ4n) is 1.94. The minimum Gasteiger partial charge on any atom is -0.491 e. The van der Waals surface area contributed by atoms with Gasteiger partial charge in [-0.25, -0.2) is 0 Å². The van der Waals surface area contributed by atoms with Crippen LogP contribution >= 0.6 is 0 Å². The Labute approximate surface area is 119 Å². The van der Waals surface area contributed by atoms with Crippen LogP contribution in [-0.2, 0) is 0 Å². The minimum atomic E-state index is -0.0505. The van der Waals surface area contributed by atoms with Gasteiger partial charge in [0.25, 0.3) is 5.91 Å². The Morgan fingerprint density at radius 1 is 1.05 bits per heavy atom. The number of benzene rings is 2. The minimum absolute atomic E-state index is 0.0505. The molecule has 0 bridgehead atoms. The fraction of sp³-hybridized carbons (Fsp3) is 0.235. The van der Waals surface area contributed by atoms with Gasteiger partial charge in [-0.15, -0.1) is 0 Å². The van der Waals surface area contributed by atoms with E-state index in [1.165, 1.54) is 0 Å². The zero-order valence-corrected chi connectivity index (χ0v) is 12.0. The van der Waals surface area contributed by atoms with E-state index in [2.05, 4.69) is 0 Å². The molecular formula is C17H19NO2. The lowest BCUT2D eigenvalue weighted by Crippen LogP contribution is -2.26. The number of hydrogen-bond acceptors (Lipinski definition) is 2. The molecule has 0 aliphatic rings. The van der Waals surface area contributed by atoms with Crippen LogP contribution in [0.4, 0.5) is 5.69 Å². The van der Waals surface area contributed by atoms with E-state index in [1.807, 2.05) is 56.3 Å². The van der Waals surface area contributed by atoms with Crippen LogP contribution < -0.4 is 9.64 Å². The molecule has 2 aromatic rings. The third kappa shape index (κ3) is 3.38. The summed E-state index contributed by atoms with van der Waals surface area (Å²) in [5.41, 5.74) is 1.49. The van der Waals surface area contributed by atoms with Crippen LogP contribution in [0.5, 0.6) is 5.75 Å². The second kappa shape index (κ2) is 6.24. The summed E-state index contributed by atoms with van der Waals surface area (Å²) in [6.07, 6.45) is 0.0900. The van der Waals surface area contributed by atoms with E-state index >= 15 is 0 Å². The van der Waals surface area contributed by atoms with Crippen molar-refractivity contribution in [3.05, 3.63) is 60.2 Å². The Balaban J connectivity index is 2.21. The summed E-state index contributed by atoms with van der Waals surface area (Å²) in [7, 11) is 1.77. The van der Waals surface area contributed by atoms with Gasteiger partial charge in [-0.3, -0.25) is 4.79 Å². The number of para-hydroxylation sites is 1. The highest BCUT2D eigenvalue weighted by molar-refractivity contribution is 6.05. The fourth-order valence-corrected chi connectivity index (χ4v) is 1.94. The van der Waals surface area contributed by atoms with E-state index < -0.39 is 0 Å². The molecule has 3 nitrogen and oxygen atoms in total. The van der Waals surface area contributed by atoms with Gasteiger partial charge in [-0.05, 0) is 44.2 Å². The van der Waals surface area contributed by atoms with Gasteiger partial charge in [0.2, 0.25) is 0 Å². The van der Waals surface area contributed by atoms with Crippen molar-refractivity contribution in [2.45, 2.75) is 20.0 Å². The number of carbonyl (C=O) groups is 1. The van der Waals surface area contributed by atoms with Crippen molar-refractivity contribution < 1.29 is 9.53 Å². The summed E-state index contributed by atoms with van der Waals surface area (Å²) in [6, 6.07) is 16.9. The average Bonchev–Trinajstić information content (AvgIpc) is 2.46. The molecule has 104 valence electrons. The quantitative estimate of drug-likeness (QED) is 0.846. The summed E-state index contributed by atoms with van der Waals surface area (Å²) in [5.74, 6) is 0.665. The van der Waals surface area contributed by atoms with Crippen molar-refractivity contribution >= 4 is 11.6 Å². The van der Waals surface area contributed by atoms with Gasteiger partial charge in [0.05, 0.1) is 6.10 Å². The van der Waals surface area contributed by atoms with Gasteiger partial charge in [0.1, 0.15) is 5.75 Å². The average molecular weight is 269 g/mol. The zero-order valence-electron chi connectivity index (χ0n) is 12.0. The highest BCUT2D eigenvalue weighted by Gasteiger charge is 2.14. The number of hydrogen-bond donors (Lipinski definition) is 0. The lowest BCUT2D eigenvalue weighted by molar-refractivity contribution is 0.0992. The van der Waals surface area contributed by atoms with E-state index in [0.717, 1.165) is 5.69 Å². The maximum absolute atomic E-state index is 12.5. The number of nitrogens with zero attached hydrogens (tertiary/aromatic N) is 1. The van der Waals surface area contributed by atoms with Gasteiger partial charge in [-0.1, -0.05) is 24.3 Å². The van der Waals surface area contributed by atoms with Crippen molar-refractivity contribution in [3.8, 4) is 5.75 Å². The van der Waals surface area contributed by atoms with E-state index in [-0.39, 0.29) is 12.0 Å². The molecule has 0 saturated heterocycles. The van der Waals surface area contributed by atoms with Crippen molar-refractivity contribution in [3.63, 3.8) is 0 Å². The maximum Gasteiger partial charge on any atom is 0.258 e. The van der Waals surface area contributed by atoms with Crippen molar-refractivity contribution in [2.75, 3.05) is 11.9 Å². The van der Waals surface area contributed by atoms with Crippen LogP contribution in [0, 0.1) is 0 Å². The van der Waals surface area contributed by atoms with Crippen LogP contribution in [0.15, 0.2) is 54.6 Å². The van der Waals surface area contributed by atoms with Gasteiger partial charge < -0.3 is 9.64 Å². The molecule has 0 heterocycles. The van der Waals surface area contributed by atoms with Crippen LogP contribution in [0.25, 0.3) is 0 Å². The van der Waals surface area contributed by atoms with Crippen LogP contribution in [-0.4, -0.2) is 19.1 Å². The largest absolute Gasteiger partial charge is 0.491 e. The number of anilines is 1. The summed E-state index contributed by atoms with van der Waals surface area (Å²) in [4.78, 5) is 14.1. The van der Waals surface area contributed by atoms with E-state index in [1.54, 1.807) is 24.1 Å². The van der Waals surface area contributed by atoms with Crippen LogP contribution in [0.2, 0.25) is 0 Å². The Morgan fingerprint density at radius 2 is 1.75 bits per heavy atom. The third-order valence-electron chi connectivity index (χ3n) is 2.90. The van der Waals surface area contributed by atoms with Gasteiger partial charge >= 0.3 is 0 Å². The predicted molar refractivity (Wildman–Crippen MR) is 81.4 cm³/mol. The first-order chi connectivity index (χ1) is 9.58. The van der Waals surface area contributed by atoms with Crippen LogP contribution in [0.1, 0.15) is 24.2 Å². The molecule has 0 spiro atoms. The van der Waals surface area contributed by atoms with Gasteiger partial charge in [0, 0.05) is 18.3 Å². The summed E-state index contributed by atoms with van der Waals surface area (Å²) < 4.78 is 5.62. The molecule has 0 aliphatic carbocycles. The molecule has 20 heavy (non-hydrogen) atoms. The molecule has 0 aromatic heterocycles. The molecule has 0 saturated carbocycles. The molecule has 0 N–H and O–H groups in total. The summed E-state index contributed by atoms with van der Waals surface area (Å²) >= 11 is 0. The lowest BCUT2D eigenvalue weighted by Gasteiger charge is -2.18. The maximum atomic E-state index is 12.5. The molecule has 0 atom stereocenters. The Morgan fingerprint density at radius 3 is 2.40 bits per heavy atom. The standard InChI is InChI=1S/C17H19NO2/c1-13(2)20-16-11-7-8-14(12-16)17(19)18(3)15-9-5-4-6-10-15/h4-13H,1-3H3. The van der Waals surface area contributed by atoms with Crippen molar-refractivity contribution in [1.29, 1.82) is 0 Å². The topological polar surface area (TPSA) is 29.5 Å². The molecule has 0 fully saturated rings. The SMILES string of the molecule is CC(C)Oc1cccc(C(=O)N(C)c2ccccc2)c1. The van der Waals surface area contributed by atoms with Crippen molar-refractivity contribution in [2.24, 2.45) is 0 Å². The molecule has 0 unspecified atom stereocenters. The highest BCUT2D eigenvalue weighted by atomic mass is 16.5. The second-order valence-corrected chi connectivity index (χ2v) is 4.89.